The van der Waals surface area contributed by atoms with Gasteiger partial charge in [0.05, 0.1) is 11.4 Å². The first-order valence-corrected chi connectivity index (χ1v) is 14.8. The van der Waals surface area contributed by atoms with E-state index in [-0.39, 0.29) is 0 Å². The molecule has 0 fully saturated rings. The molecule has 1 aliphatic rings. The molecule has 0 atom stereocenters. The fourth-order valence-corrected chi connectivity index (χ4v) is 5.81. The lowest BCUT2D eigenvalue weighted by Gasteiger charge is -2.15. The molecule has 44 heavy (non-hydrogen) atoms. The van der Waals surface area contributed by atoms with Crippen molar-refractivity contribution in [3.05, 3.63) is 181 Å². The predicted octanol–water partition coefficient (Wildman–Crippen LogP) is 9.99. The average molecular weight is 566 g/mol. The number of pyridine rings is 1. The van der Waals surface area contributed by atoms with Gasteiger partial charge < -0.3 is 0 Å². The van der Waals surface area contributed by atoms with E-state index in [2.05, 4.69) is 139 Å². The summed E-state index contributed by atoms with van der Waals surface area (Å²) in [6.07, 6.45) is 15.3. The van der Waals surface area contributed by atoms with Gasteiger partial charge in [0.25, 0.3) is 0 Å². The number of fused-ring (bicyclic) bond motifs is 2. The van der Waals surface area contributed by atoms with Gasteiger partial charge in [-0.15, -0.1) is 0 Å². The number of benzene rings is 4. The Morgan fingerprint density at radius 1 is 0.636 bits per heavy atom. The number of rotatable bonds is 4. The molecule has 0 bridgehead atoms. The van der Waals surface area contributed by atoms with Crippen LogP contribution < -0.4 is 0 Å². The van der Waals surface area contributed by atoms with E-state index in [1.165, 1.54) is 16.5 Å². The van der Waals surface area contributed by atoms with Crippen LogP contribution in [0.4, 0.5) is 0 Å². The lowest BCUT2D eigenvalue weighted by atomic mass is 9.90. The van der Waals surface area contributed by atoms with Gasteiger partial charge in [-0.25, -0.2) is 9.97 Å². The second kappa shape index (κ2) is 11.9. The zero-order valence-electron chi connectivity index (χ0n) is 24.6. The van der Waals surface area contributed by atoms with Crippen LogP contribution in [0.2, 0.25) is 0 Å². The van der Waals surface area contributed by atoms with Gasteiger partial charge in [-0.05, 0) is 64.3 Å². The first-order chi connectivity index (χ1) is 21.6. The molecule has 210 valence electrons. The lowest BCUT2D eigenvalue weighted by molar-refractivity contribution is 1.06. The van der Waals surface area contributed by atoms with Gasteiger partial charge in [0.1, 0.15) is 5.82 Å². The summed E-state index contributed by atoms with van der Waals surface area (Å²) < 4.78 is 0. The number of hydrogen-bond acceptors (Lipinski definition) is 3. The van der Waals surface area contributed by atoms with Crippen molar-refractivity contribution in [3.63, 3.8) is 0 Å². The van der Waals surface area contributed by atoms with E-state index in [1.807, 2.05) is 25.4 Å². The summed E-state index contributed by atoms with van der Waals surface area (Å²) in [5.74, 6) is 0.740. The van der Waals surface area contributed by atoms with E-state index in [9.17, 15) is 0 Å². The summed E-state index contributed by atoms with van der Waals surface area (Å²) in [5, 5.41) is 2.33. The molecule has 0 unspecified atom stereocenters. The monoisotopic (exact) mass is 565 g/mol. The topological polar surface area (TPSA) is 38.7 Å². The molecule has 0 radical (unpaired) electrons. The predicted molar refractivity (Wildman–Crippen MR) is 183 cm³/mol. The number of aromatic nitrogens is 3. The van der Waals surface area contributed by atoms with Crippen molar-refractivity contribution in [2.45, 2.75) is 13.3 Å². The van der Waals surface area contributed by atoms with Crippen LogP contribution in [0.25, 0.3) is 50.0 Å². The first-order valence-electron chi connectivity index (χ1n) is 14.8. The van der Waals surface area contributed by atoms with Crippen LogP contribution in [-0.4, -0.2) is 15.0 Å². The van der Waals surface area contributed by atoms with E-state index in [0.717, 1.165) is 68.0 Å². The van der Waals surface area contributed by atoms with Crippen molar-refractivity contribution in [1.29, 1.82) is 0 Å². The minimum absolute atomic E-state index is 0.740. The summed E-state index contributed by atoms with van der Waals surface area (Å²) in [6, 6.07) is 36.3. The van der Waals surface area contributed by atoms with E-state index >= 15 is 0 Å². The molecule has 2 heterocycles. The third kappa shape index (κ3) is 5.56. The SMILES string of the molecule is C=C1/C=C\C=C/Cc2ccccc2/C(c2ccc(-c3cc(-c4ccc(-c5cncc6ccccc56)cc4)nc(C)n3)cc2)=C\1. The summed E-state index contributed by atoms with van der Waals surface area (Å²) in [6.45, 7) is 6.22. The number of allylic oxidation sites excluding steroid dienone is 6. The van der Waals surface area contributed by atoms with Crippen LogP contribution in [0.1, 0.15) is 22.5 Å². The summed E-state index contributed by atoms with van der Waals surface area (Å²) >= 11 is 0. The Bertz CT molecular complexity index is 2090. The Labute approximate surface area is 258 Å². The van der Waals surface area contributed by atoms with Crippen LogP contribution in [0.5, 0.6) is 0 Å². The first kappa shape index (κ1) is 27.2. The Morgan fingerprint density at radius 3 is 2.07 bits per heavy atom. The minimum atomic E-state index is 0.740. The Hall–Kier alpha value is -5.67. The smallest absolute Gasteiger partial charge is 0.126 e. The summed E-state index contributed by atoms with van der Waals surface area (Å²) in [4.78, 5) is 14.1. The highest BCUT2D eigenvalue weighted by molar-refractivity contribution is 5.96. The third-order valence-electron chi connectivity index (χ3n) is 8.02. The van der Waals surface area contributed by atoms with E-state index < -0.39 is 0 Å². The van der Waals surface area contributed by atoms with Crippen LogP contribution >= 0.6 is 0 Å². The molecule has 0 saturated carbocycles. The maximum atomic E-state index is 4.80. The van der Waals surface area contributed by atoms with Gasteiger partial charge in [-0.3, -0.25) is 4.98 Å². The molecule has 1 aliphatic carbocycles. The van der Waals surface area contributed by atoms with Crippen LogP contribution in [-0.2, 0) is 6.42 Å². The molecule has 2 aromatic heterocycles. The number of nitrogens with zero attached hydrogens (tertiary/aromatic N) is 3. The zero-order chi connectivity index (χ0) is 29.9. The number of hydrogen-bond donors (Lipinski definition) is 0. The summed E-state index contributed by atoms with van der Waals surface area (Å²) in [5.41, 5.74) is 11.9. The molecule has 4 aromatic carbocycles. The molecule has 0 aliphatic heterocycles. The Kier molecular flexibility index (Phi) is 7.35. The molecular formula is C41H31N3. The molecular weight excluding hydrogens is 534 g/mol. The van der Waals surface area contributed by atoms with Crippen LogP contribution in [0, 0.1) is 6.92 Å². The van der Waals surface area contributed by atoms with E-state index in [1.54, 1.807) is 0 Å². The highest BCUT2D eigenvalue weighted by Crippen LogP contribution is 2.33. The van der Waals surface area contributed by atoms with Crippen molar-refractivity contribution in [3.8, 4) is 33.6 Å². The normalized spacial score (nSPS) is 15.7. The molecule has 0 spiro atoms. The largest absolute Gasteiger partial charge is 0.263 e. The quantitative estimate of drug-likeness (QED) is 0.213. The van der Waals surface area contributed by atoms with Gasteiger partial charge >= 0.3 is 0 Å². The van der Waals surface area contributed by atoms with E-state index in [4.69, 9.17) is 9.97 Å². The standard InChI is InChI=1S/C41H31N3/c1-28-10-4-3-5-11-30-12-6-8-14-36(30)38(24-28)31-16-20-33(21-17-31)40-25-41(44-29(2)43-40)34-22-18-32(19-23-34)39-27-42-26-35-13-7-9-15-37(35)39/h3-10,12-27H,1,11H2,2H3/b5-3-,10-4-,38-24-. The van der Waals surface area contributed by atoms with Gasteiger partial charge in [0.2, 0.25) is 0 Å². The molecule has 6 aromatic rings. The summed E-state index contributed by atoms with van der Waals surface area (Å²) in [7, 11) is 0. The molecule has 7 rings (SSSR count). The fourth-order valence-electron chi connectivity index (χ4n) is 5.81. The maximum absolute atomic E-state index is 4.80. The van der Waals surface area contributed by atoms with Crippen molar-refractivity contribution in [2.75, 3.05) is 0 Å². The van der Waals surface area contributed by atoms with Crippen molar-refractivity contribution in [2.24, 2.45) is 0 Å². The molecule has 0 N–H and O–H groups in total. The maximum Gasteiger partial charge on any atom is 0.126 e. The van der Waals surface area contributed by atoms with Crippen molar-refractivity contribution in [1.82, 2.24) is 15.0 Å². The van der Waals surface area contributed by atoms with Gasteiger partial charge in [0.15, 0.2) is 0 Å². The highest BCUT2D eigenvalue weighted by Gasteiger charge is 2.13. The molecule has 3 heteroatoms. The fraction of sp³-hybridized carbons (Fsp3) is 0.0488. The third-order valence-corrected chi connectivity index (χ3v) is 8.02. The zero-order valence-corrected chi connectivity index (χ0v) is 24.6. The lowest BCUT2D eigenvalue weighted by Crippen LogP contribution is -1.97. The van der Waals surface area contributed by atoms with Gasteiger partial charge in [0, 0.05) is 34.5 Å². The van der Waals surface area contributed by atoms with Crippen LogP contribution in [0.3, 0.4) is 0 Å². The molecule has 0 amide bonds. The molecule has 3 nitrogen and oxygen atoms in total. The second-order valence-corrected chi connectivity index (χ2v) is 11.0. The second-order valence-electron chi connectivity index (χ2n) is 11.0. The molecule has 0 saturated heterocycles. The Balaban J connectivity index is 1.21. The van der Waals surface area contributed by atoms with Crippen LogP contribution in [0.15, 0.2) is 158 Å². The van der Waals surface area contributed by atoms with Crippen molar-refractivity contribution >= 4 is 16.3 Å². The number of aryl methyl sites for hydroxylation is 1. The average Bonchev–Trinajstić information content (AvgIpc) is 3.07. The van der Waals surface area contributed by atoms with E-state index in [0.29, 0.717) is 0 Å². The van der Waals surface area contributed by atoms with Gasteiger partial charge in [-0.2, -0.15) is 0 Å². The van der Waals surface area contributed by atoms with Gasteiger partial charge in [-0.1, -0.05) is 128 Å². The van der Waals surface area contributed by atoms with Crippen molar-refractivity contribution < 1.29 is 0 Å². The highest BCUT2D eigenvalue weighted by atomic mass is 14.9. The Morgan fingerprint density at radius 2 is 1.30 bits per heavy atom. The minimum Gasteiger partial charge on any atom is -0.263 e.